The van der Waals surface area contributed by atoms with Crippen LogP contribution in [-0.2, 0) is 20.5 Å². The van der Waals surface area contributed by atoms with Gasteiger partial charge in [0.25, 0.3) is 0 Å². The summed E-state index contributed by atoms with van der Waals surface area (Å²) in [5, 5.41) is 19.8. The molecule has 0 aromatic carbocycles. The second-order valence-corrected chi connectivity index (χ2v) is 4.45. The van der Waals surface area contributed by atoms with Crippen molar-refractivity contribution in [1.29, 1.82) is 0 Å². The van der Waals surface area contributed by atoms with Crippen molar-refractivity contribution < 1.29 is 0 Å². The maximum Gasteiger partial charge on any atom is 0.176 e. The van der Waals surface area contributed by atoms with E-state index in [1.165, 1.54) is 10.4 Å². The molecule has 0 radical (unpaired) electrons. The van der Waals surface area contributed by atoms with E-state index in [4.69, 9.17) is 0 Å². The van der Waals surface area contributed by atoms with E-state index in [0.717, 1.165) is 17.2 Å². The summed E-state index contributed by atoms with van der Waals surface area (Å²) in [6.07, 6.45) is 0.706. The van der Waals surface area contributed by atoms with E-state index >= 15 is 0 Å². The van der Waals surface area contributed by atoms with E-state index in [1.54, 1.807) is 7.05 Å². The molecule has 98 valence electrons. The van der Waals surface area contributed by atoms with Crippen LogP contribution in [0.2, 0.25) is 0 Å². The first kappa shape index (κ1) is 12.7. The van der Waals surface area contributed by atoms with Gasteiger partial charge in [-0.1, -0.05) is 0 Å². The van der Waals surface area contributed by atoms with Gasteiger partial charge in [0.15, 0.2) is 5.82 Å². The lowest BCUT2D eigenvalue weighted by Gasteiger charge is -2.15. The Labute approximate surface area is 106 Å². The predicted octanol–water partition coefficient (Wildman–Crippen LogP) is 0.0636. The van der Waals surface area contributed by atoms with Crippen LogP contribution in [0.4, 0.5) is 0 Å². The number of hydrogen-bond acceptors (Lipinski definition) is 5. The summed E-state index contributed by atoms with van der Waals surface area (Å²) >= 11 is 0. The highest BCUT2D eigenvalue weighted by atomic mass is 15.6. The summed E-state index contributed by atoms with van der Waals surface area (Å²) < 4.78 is 1.90. The SMILES string of the molecule is CNC(Cc1nnn(C)n1)c1c(C)nn(C)c1C. The maximum atomic E-state index is 4.44. The van der Waals surface area contributed by atoms with Crippen molar-refractivity contribution in [3.63, 3.8) is 0 Å². The van der Waals surface area contributed by atoms with Gasteiger partial charge in [-0.15, -0.1) is 10.2 Å². The topological polar surface area (TPSA) is 73.5 Å². The molecule has 0 aliphatic heterocycles. The van der Waals surface area contributed by atoms with Crippen molar-refractivity contribution in [2.75, 3.05) is 7.05 Å². The van der Waals surface area contributed by atoms with Gasteiger partial charge < -0.3 is 5.32 Å². The quantitative estimate of drug-likeness (QED) is 0.829. The lowest BCUT2D eigenvalue weighted by molar-refractivity contribution is 0.564. The van der Waals surface area contributed by atoms with Crippen LogP contribution in [0.15, 0.2) is 0 Å². The Morgan fingerprint density at radius 3 is 2.39 bits per heavy atom. The molecule has 0 amide bonds. The summed E-state index contributed by atoms with van der Waals surface area (Å²) in [6, 6.07) is 0.155. The molecule has 0 saturated carbocycles. The van der Waals surface area contributed by atoms with Crippen molar-refractivity contribution >= 4 is 0 Å². The minimum Gasteiger partial charge on any atom is -0.312 e. The van der Waals surface area contributed by atoms with Crippen molar-refractivity contribution in [3.05, 3.63) is 22.8 Å². The average molecular weight is 249 g/mol. The van der Waals surface area contributed by atoms with Crippen LogP contribution >= 0.6 is 0 Å². The Hall–Kier alpha value is -1.76. The summed E-state index contributed by atoms with van der Waals surface area (Å²) in [7, 11) is 5.66. The molecule has 0 aliphatic carbocycles. The van der Waals surface area contributed by atoms with Gasteiger partial charge in [-0.25, -0.2) is 0 Å². The van der Waals surface area contributed by atoms with Crippen molar-refractivity contribution in [3.8, 4) is 0 Å². The standard InChI is InChI=1S/C11H19N7/c1-7-11(8(2)17(4)14-7)9(12-3)6-10-13-16-18(5)15-10/h9,12H,6H2,1-5H3. The fourth-order valence-electron chi connectivity index (χ4n) is 2.23. The zero-order valence-corrected chi connectivity index (χ0v) is 11.5. The van der Waals surface area contributed by atoms with Gasteiger partial charge in [0, 0.05) is 30.8 Å². The number of rotatable bonds is 4. The van der Waals surface area contributed by atoms with E-state index in [9.17, 15) is 0 Å². The van der Waals surface area contributed by atoms with Gasteiger partial charge in [-0.3, -0.25) is 4.68 Å². The Morgan fingerprint density at radius 2 is 1.94 bits per heavy atom. The zero-order valence-electron chi connectivity index (χ0n) is 11.5. The smallest absolute Gasteiger partial charge is 0.176 e. The van der Waals surface area contributed by atoms with Gasteiger partial charge in [-0.05, 0) is 26.1 Å². The Kier molecular flexibility index (Phi) is 3.42. The van der Waals surface area contributed by atoms with Crippen LogP contribution in [0.3, 0.4) is 0 Å². The molecule has 0 fully saturated rings. The second kappa shape index (κ2) is 4.85. The monoisotopic (exact) mass is 249 g/mol. The molecule has 18 heavy (non-hydrogen) atoms. The van der Waals surface area contributed by atoms with Crippen LogP contribution in [0, 0.1) is 13.8 Å². The third kappa shape index (κ3) is 2.26. The van der Waals surface area contributed by atoms with Crippen LogP contribution in [0.1, 0.15) is 28.8 Å². The molecule has 2 heterocycles. The molecule has 2 aromatic rings. The number of aryl methyl sites for hydroxylation is 3. The summed E-state index contributed by atoms with van der Waals surface area (Å²) in [6.45, 7) is 4.10. The second-order valence-electron chi connectivity index (χ2n) is 4.45. The van der Waals surface area contributed by atoms with Gasteiger partial charge in [0.2, 0.25) is 0 Å². The van der Waals surface area contributed by atoms with Gasteiger partial charge in [0.05, 0.1) is 12.7 Å². The average Bonchev–Trinajstić information content (AvgIpc) is 2.82. The number of hydrogen-bond donors (Lipinski definition) is 1. The van der Waals surface area contributed by atoms with E-state index < -0.39 is 0 Å². The first-order chi connectivity index (χ1) is 8.52. The van der Waals surface area contributed by atoms with E-state index in [-0.39, 0.29) is 6.04 Å². The highest BCUT2D eigenvalue weighted by molar-refractivity contribution is 5.28. The fraction of sp³-hybridized carbons (Fsp3) is 0.636. The molecule has 7 heteroatoms. The largest absolute Gasteiger partial charge is 0.312 e. The third-order valence-corrected chi connectivity index (χ3v) is 3.20. The summed E-state index contributed by atoms with van der Waals surface area (Å²) in [4.78, 5) is 1.48. The first-order valence-electron chi connectivity index (χ1n) is 5.93. The molecule has 1 atom stereocenters. The molecule has 7 nitrogen and oxygen atoms in total. The van der Waals surface area contributed by atoms with Gasteiger partial charge in [0.1, 0.15) is 0 Å². The Morgan fingerprint density at radius 1 is 1.22 bits per heavy atom. The number of nitrogens with one attached hydrogen (secondary N) is 1. The first-order valence-corrected chi connectivity index (χ1v) is 5.93. The molecular formula is C11H19N7. The Bertz CT molecular complexity index is 540. The van der Waals surface area contributed by atoms with Crippen LogP contribution < -0.4 is 5.32 Å². The third-order valence-electron chi connectivity index (χ3n) is 3.20. The van der Waals surface area contributed by atoms with Crippen molar-refractivity contribution in [2.24, 2.45) is 14.1 Å². The molecule has 0 saturated heterocycles. The normalized spacial score (nSPS) is 12.9. The molecular weight excluding hydrogens is 230 g/mol. The van der Waals surface area contributed by atoms with Crippen molar-refractivity contribution in [1.82, 2.24) is 35.3 Å². The lowest BCUT2D eigenvalue weighted by atomic mass is 10.0. The lowest BCUT2D eigenvalue weighted by Crippen LogP contribution is -2.21. The molecule has 1 unspecified atom stereocenters. The molecule has 0 bridgehead atoms. The number of nitrogens with zero attached hydrogens (tertiary/aromatic N) is 6. The fourth-order valence-corrected chi connectivity index (χ4v) is 2.23. The highest BCUT2D eigenvalue weighted by Crippen LogP contribution is 2.23. The van der Waals surface area contributed by atoms with Crippen molar-refractivity contribution in [2.45, 2.75) is 26.3 Å². The summed E-state index contributed by atoms with van der Waals surface area (Å²) in [5.74, 6) is 0.736. The minimum absolute atomic E-state index is 0.155. The van der Waals surface area contributed by atoms with E-state index in [1.807, 2.05) is 25.7 Å². The minimum atomic E-state index is 0.155. The summed E-state index contributed by atoms with van der Waals surface area (Å²) in [5.41, 5.74) is 3.42. The predicted molar refractivity (Wildman–Crippen MR) is 67.0 cm³/mol. The van der Waals surface area contributed by atoms with Gasteiger partial charge >= 0.3 is 0 Å². The zero-order chi connectivity index (χ0) is 13.3. The molecule has 2 aromatic heterocycles. The van der Waals surface area contributed by atoms with Crippen LogP contribution in [-0.4, -0.2) is 37.0 Å². The molecule has 2 rings (SSSR count). The number of likely N-dealkylation sites (N-methyl/N-ethyl adjacent to an activating group) is 1. The van der Waals surface area contributed by atoms with E-state index in [0.29, 0.717) is 6.42 Å². The number of tetrazole rings is 1. The van der Waals surface area contributed by atoms with E-state index in [2.05, 4.69) is 32.7 Å². The van der Waals surface area contributed by atoms with Crippen LogP contribution in [0.25, 0.3) is 0 Å². The maximum absolute atomic E-state index is 4.44. The highest BCUT2D eigenvalue weighted by Gasteiger charge is 2.20. The van der Waals surface area contributed by atoms with Crippen LogP contribution in [0.5, 0.6) is 0 Å². The molecule has 0 spiro atoms. The van der Waals surface area contributed by atoms with Gasteiger partial charge in [-0.2, -0.15) is 9.90 Å². The Balaban J connectivity index is 2.28. The molecule has 0 aliphatic rings. The molecule has 1 N–H and O–H groups in total. The number of aromatic nitrogens is 6.